The van der Waals surface area contributed by atoms with Crippen molar-refractivity contribution in [2.75, 3.05) is 5.73 Å². The predicted octanol–water partition coefficient (Wildman–Crippen LogP) is 2.89. The molecular formula is C13H17N3. The lowest BCUT2D eigenvalue weighted by atomic mass is 10.1. The normalized spacial score (nSPS) is 11.0. The van der Waals surface area contributed by atoms with Crippen LogP contribution in [0.2, 0.25) is 0 Å². The Morgan fingerprint density at radius 1 is 1.19 bits per heavy atom. The van der Waals surface area contributed by atoms with E-state index in [0.29, 0.717) is 5.92 Å². The summed E-state index contributed by atoms with van der Waals surface area (Å²) in [7, 11) is 0. The largest absolute Gasteiger partial charge is 0.396 e. The van der Waals surface area contributed by atoms with E-state index < -0.39 is 0 Å². The summed E-state index contributed by atoms with van der Waals surface area (Å²) < 4.78 is 1.92. The molecule has 3 nitrogen and oxygen atoms in total. The van der Waals surface area contributed by atoms with Crippen LogP contribution in [0.5, 0.6) is 0 Å². The lowest BCUT2D eigenvalue weighted by Gasteiger charge is -2.11. The number of hydrogen-bond acceptors (Lipinski definition) is 2. The summed E-state index contributed by atoms with van der Waals surface area (Å²) in [5.74, 6) is 0.365. The number of nitrogens with two attached hydrogens (primary N) is 1. The zero-order chi connectivity index (χ0) is 11.7. The molecule has 2 aromatic rings. The fraction of sp³-hybridized carbons (Fsp3) is 0.308. The van der Waals surface area contributed by atoms with Crippen LogP contribution in [0.25, 0.3) is 5.69 Å². The van der Waals surface area contributed by atoms with Gasteiger partial charge in [0.05, 0.1) is 23.3 Å². The molecule has 0 atom stereocenters. The molecule has 0 aliphatic carbocycles. The first-order valence-electron chi connectivity index (χ1n) is 5.50. The van der Waals surface area contributed by atoms with Gasteiger partial charge in [0.25, 0.3) is 0 Å². The van der Waals surface area contributed by atoms with Gasteiger partial charge < -0.3 is 5.73 Å². The van der Waals surface area contributed by atoms with Gasteiger partial charge in [0, 0.05) is 0 Å². The number of benzene rings is 1. The Kier molecular flexibility index (Phi) is 2.69. The highest BCUT2D eigenvalue weighted by atomic mass is 15.3. The molecule has 16 heavy (non-hydrogen) atoms. The van der Waals surface area contributed by atoms with E-state index >= 15 is 0 Å². The van der Waals surface area contributed by atoms with Gasteiger partial charge in [-0.25, -0.2) is 4.68 Å². The standard InChI is InChI=1S/C13H17N3/c1-9(2)13-12(14)8-15-16(13)11-6-4-10(3)5-7-11/h4-9H,14H2,1-3H3. The van der Waals surface area contributed by atoms with Gasteiger partial charge in [-0.15, -0.1) is 0 Å². The first-order chi connectivity index (χ1) is 7.59. The molecule has 1 aromatic heterocycles. The third-order valence-corrected chi connectivity index (χ3v) is 2.66. The molecule has 0 spiro atoms. The fourth-order valence-corrected chi connectivity index (χ4v) is 1.84. The lowest BCUT2D eigenvalue weighted by Crippen LogP contribution is -2.05. The number of aryl methyl sites for hydroxylation is 1. The molecule has 0 radical (unpaired) electrons. The molecule has 1 heterocycles. The molecule has 2 rings (SSSR count). The van der Waals surface area contributed by atoms with Crippen LogP contribution in [0, 0.1) is 6.92 Å². The molecule has 1 aromatic carbocycles. The van der Waals surface area contributed by atoms with Crippen molar-refractivity contribution in [3.8, 4) is 5.69 Å². The highest BCUT2D eigenvalue weighted by Gasteiger charge is 2.12. The number of nitrogens with zero attached hydrogens (tertiary/aromatic N) is 2. The molecule has 0 aliphatic rings. The van der Waals surface area contributed by atoms with E-state index in [9.17, 15) is 0 Å². The van der Waals surface area contributed by atoms with Crippen LogP contribution >= 0.6 is 0 Å². The topological polar surface area (TPSA) is 43.8 Å². The smallest absolute Gasteiger partial charge is 0.0740 e. The first kappa shape index (κ1) is 10.7. The molecule has 0 unspecified atom stereocenters. The monoisotopic (exact) mass is 215 g/mol. The molecule has 84 valence electrons. The van der Waals surface area contributed by atoms with Gasteiger partial charge in [-0.2, -0.15) is 5.10 Å². The second-order valence-electron chi connectivity index (χ2n) is 4.39. The van der Waals surface area contributed by atoms with E-state index in [0.717, 1.165) is 17.1 Å². The lowest BCUT2D eigenvalue weighted by molar-refractivity contribution is 0.736. The third kappa shape index (κ3) is 1.81. The average molecular weight is 215 g/mol. The van der Waals surface area contributed by atoms with Crippen molar-refractivity contribution in [2.45, 2.75) is 26.7 Å². The van der Waals surface area contributed by atoms with Gasteiger partial charge in [0.15, 0.2) is 0 Å². The summed E-state index contributed by atoms with van der Waals surface area (Å²) in [6, 6.07) is 8.29. The van der Waals surface area contributed by atoms with Gasteiger partial charge in [-0.3, -0.25) is 0 Å². The van der Waals surface area contributed by atoms with Gasteiger partial charge in [0.1, 0.15) is 0 Å². The zero-order valence-corrected chi connectivity index (χ0v) is 9.94. The van der Waals surface area contributed by atoms with E-state index in [1.54, 1.807) is 6.20 Å². The Morgan fingerprint density at radius 3 is 2.38 bits per heavy atom. The number of aromatic nitrogens is 2. The van der Waals surface area contributed by atoms with Crippen molar-refractivity contribution < 1.29 is 0 Å². The van der Waals surface area contributed by atoms with E-state index in [2.05, 4.69) is 50.1 Å². The molecule has 0 saturated heterocycles. The highest BCUT2D eigenvalue weighted by Crippen LogP contribution is 2.24. The Balaban J connectivity index is 2.52. The molecule has 0 fully saturated rings. The Labute approximate surface area is 95.9 Å². The number of nitrogen functional groups attached to an aromatic ring is 1. The fourth-order valence-electron chi connectivity index (χ4n) is 1.84. The van der Waals surface area contributed by atoms with Crippen molar-refractivity contribution >= 4 is 5.69 Å². The van der Waals surface area contributed by atoms with Crippen molar-refractivity contribution in [3.63, 3.8) is 0 Å². The molecule has 0 aliphatic heterocycles. The Bertz CT molecular complexity index is 480. The molecule has 2 N–H and O–H groups in total. The maximum absolute atomic E-state index is 5.93. The van der Waals surface area contributed by atoms with Crippen LogP contribution in [0.15, 0.2) is 30.5 Å². The number of hydrogen-bond donors (Lipinski definition) is 1. The summed E-state index contributed by atoms with van der Waals surface area (Å²) >= 11 is 0. The summed E-state index contributed by atoms with van der Waals surface area (Å²) in [5, 5.41) is 4.33. The Morgan fingerprint density at radius 2 is 1.81 bits per heavy atom. The maximum Gasteiger partial charge on any atom is 0.0740 e. The van der Waals surface area contributed by atoms with Crippen LogP contribution in [0.3, 0.4) is 0 Å². The molecule has 3 heteroatoms. The van der Waals surface area contributed by atoms with Crippen LogP contribution in [-0.2, 0) is 0 Å². The second-order valence-corrected chi connectivity index (χ2v) is 4.39. The van der Waals surface area contributed by atoms with Crippen molar-refractivity contribution in [2.24, 2.45) is 0 Å². The summed E-state index contributed by atoms with van der Waals surface area (Å²) in [6.07, 6.45) is 1.72. The Hall–Kier alpha value is -1.77. The van der Waals surface area contributed by atoms with E-state index in [4.69, 9.17) is 5.73 Å². The quantitative estimate of drug-likeness (QED) is 0.837. The van der Waals surface area contributed by atoms with E-state index in [1.807, 2.05) is 4.68 Å². The predicted molar refractivity (Wildman–Crippen MR) is 66.8 cm³/mol. The number of anilines is 1. The summed E-state index contributed by atoms with van der Waals surface area (Å²) in [4.78, 5) is 0. The minimum absolute atomic E-state index is 0.365. The minimum Gasteiger partial charge on any atom is -0.396 e. The zero-order valence-electron chi connectivity index (χ0n) is 9.94. The molecular weight excluding hydrogens is 198 g/mol. The van der Waals surface area contributed by atoms with Gasteiger partial charge in [0.2, 0.25) is 0 Å². The van der Waals surface area contributed by atoms with E-state index in [-0.39, 0.29) is 0 Å². The van der Waals surface area contributed by atoms with E-state index in [1.165, 1.54) is 5.56 Å². The molecule has 0 saturated carbocycles. The van der Waals surface area contributed by atoms with Crippen molar-refractivity contribution in [3.05, 3.63) is 41.7 Å². The first-order valence-corrected chi connectivity index (χ1v) is 5.50. The average Bonchev–Trinajstić information content (AvgIpc) is 2.61. The second kappa shape index (κ2) is 4.00. The minimum atomic E-state index is 0.365. The summed E-state index contributed by atoms with van der Waals surface area (Å²) in [6.45, 7) is 6.32. The summed E-state index contributed by atoms with van der Waals surface area (Å²) in [5.41, 5.74) is 10.1. The molecule has 0 amide bonds. The third-order valence-electron chi connectivity index (χ3n) is 2.66. The maximum atomic E-state index is 5.93. The van der Waals surface area contributed by atoms with Crippen LogP contribution < -0.4 is 5.73 Å². The van der Waals surface area contributed by atoms with Gasteiger partial charge in [-0.1, -0.05) is 31.5 Å². The highest BCUT2D eigenvalue weighted by molar-refractivity contribution is 5.47. The molecule has 0 bridgehead atoms. The SMILES string of the molecule is Cc1ccc(-n2ncc(N)c2C(C)C)cc1. The van der Waals surface area contributed by atoms with Crippen LogP contribution in [0.1, 0.15) is 31.0 Å². The van der Waals surface area contributed by atoms with Crippen LogP contribution in [-0.4, -0.2) is 9.78 Å². The van der Waals surface area contributed by atoms with Crippen molar-refractivity contribution in [1.82, 2.24) is 9.78 Å². The van der Waals surface area contributed by atoms with Crippen molar-refractivity contribution in [1.29, 1.82) is 0 Å². The van der Waals surface area contributed by atoms with Gasteiger partial charge >= 0.3 is 0 Å². The van der Waals surface area contributed by atoms with Crippen LogP contribution in [0.4, 0.5) is 5.69 Å². The number of rotatable bonds is 2. The van der Waals surface area contributed by atoms with Gasteiger partial charge in [-0.05, 0) is 25.0 Å².